The van der Waals surface area contributed by atoms with Crippen LogP contribution in [0.2, 0.25) is 5.02 Å². The van der Waals surface area contributed by atoms with Crippen LogP contribution in [0, 0.1) is 11.6 Å². The minimum Gasteiger partial charge on any atom is -0.368 e. The van der Waals surface area contributed by atoms with E-state index in [2.05, 4.69) is 9.97 Å². The molecule has 1 aliphatic heterocycles. The summed E-state index contributed by atoms with van der Waals surface area (Å²) in [6, 6.07) is 2.39. The van der Waals surface area contributed by atoms with Crippen LogP contribution in [0.1, 0.15) is 5.56 Å². The molecule has 1 aromatic carbocycles. The number of aromatic nitrogens is 2. The zero-order valence-electron chi connectivity index (χ0n) is 13.7. The molecule has 136 valence electrons. The van der Waals surface area contributed by atoms with Gasteiger partial charge in [-0.15, -0.1) is 0 Å². The molecule has 0 spiro atoms. The molecule has 2 atom stereocenters. The number of quaternary nitrogens is 1. The average molecular weight is 383 g/mol. The fourth-order valence-corrected chi connectivity index (χ4v) is 3.29. The van der Waals surface area contributed by atoms with Gasteiger partial charge in [-0.2, -0.15) is 14.5 Å². The van der Waals surface area contributed by atoms with Crippen LogP contribution in [0.4, 0.5) is 19.5 Å². The van der Waals surface area contributed by atoms with E-state index in [0.717, 1.165) is 6.07 Å². The van der Waals surface area contributed by atoms with Crippen LogP contribution in [0.15, 0.2) is 30.6 Å². The number of urea groups is 1. The van der Waals surface area contributed by atoms with Crippen molar-refractivity contribution in [3.05, 3.63) is 52.8 Å². The molecule has 1 aromatic heterocycles. The van der Waals surface area contributed by atoms with Crippen LogP contribution in [-0.4, -0.2) is 46.4 Å². The maximum Gasteiger partial charge on any atom is 0.427 e. The van der Waals surface area contributed by atoms with Gasteiger partial charge in [-0.25, -0.2) is 13.6 Å². The van der Waals surface area contributed by atoms with Gasteiger partial charge in [-0.1, -0.05) is 11.6 Å². The molecule has 0 aliphatic carbocycles. The molecule has 7 nitrogen and oxygen atoms in total. The number of benzene rings is 1. The van der Waals surface area contributed by atoms with Gasteiger partial charge < -0.3 is 5.73 Å². The van der Waals surface area contributed by atoms with Crippen LogP contribution in [0.25, 0.3) is 0 Å². The van der Waals surface area contributed by atoms with Gasteiger partial charge in [0.2, 0.25) is 5.91 Å². The second kappa shape index (κ2) is 6.58. The molecule has 2 unspecified atom stereocenters. The number of primary amides is 1. The molecule has 3 amide bonds. The van der Waals surface area contributed by atoms with Crippen molar-refractivity contribution in [2.24, 2.45) is 5.73 Å². The Morgan fingerprint density at radius 3 is 2.62 bits per heavy atom. The predicted octanol–water partition coefficient (Wildman–Crippen LogP) is 1.83. The van der Waals surface area contributed by atoms with E-state index in [1.165, 1.54) is 30.4 Å². The van der Waals surface area contributed by atoms with E-state index in [0.29, 0.717) is 0 Å². The molecule has 10 heteroatoms. The van der Waals surface area contributed by atoms with Crippen LogP contribution < -0.4 is 10.2 Å². The van der Waals surface area contributed by atoms with Crippen molar-refractivity contribution in [1.29, 1.82) is 0 Å². The lowest BCUT2D eigenvalue weighted by molar-refractivity contribution is -0.121. The predicted molar refractivity (Wildman–Crippen MR) is 89.9 cm³/mol. The van der Waals surface area contributed by atoms with Crippen LogP contribution in [-0.2, 0) is 11.3 Å². The van der Waals surface area contributed by atoms with Crippen molar-refractivity contribution in [3.63, 3.8) is 0 Å². The Bertz CT molecular complexity index is 882. The van der Waals surface area contributed by atoms with Crippen molar-refractivity contribution in [1.82, 2.24) is 19.4 Å². The lowest BCUT2D eigenvalue weighted by Gasteiger charge is -2.27. The highest BCUT2D eigenvalue weighted by atomic mass is 35.5. The van der Waals surface area contributed by atoms with E-state index in [-0.39, 0.29) is 24.6 Å². The van der Waals surface area contributed by atoms with E-state index in [1.807, 2.05) is 0 Å². The van der Waals surface area contributed by atoms with Gasteiger partial charge in [0.1, 0.15) is 13.1 Å². The first kappa shape index (κ1) is 18.2. The normalized spacial score (nSPS) is 22.7. The van der Waals surface area contributed by atoms with Gasteiger partial charge in [0.15, 0.2) is 17.7 Å². The molecule has 0 radical (unpaired) electrons. The monoisotopic (exact) mass is 382 g/mol. The summed E-state index contributed by atoms with van der Waals surface area (Å²) in [5.41, 5.74) is 5.58. The first-order valence-corrected chi connectivity index (χ1v) is 7.99. The Balaban J connectivity index is 2.14. The fraction of sp³-hybridized carbons (Fsp3) is 0.250. The number of carbonyl (C=O) groups is 2. The zero-order valence-corrected chi connectivity index (χ0v) is 14.5. The second-order valence-electron chi connectivity index (χ2n) is 6.00. The third-order valence-electron chi connectivity index (χ3n) is 4.44. The van der Waals surface area contributed by atoms with Crippen molar-refractivity contribution in [2.75, 3.05) is 13.6 Å². The highest BCUT2D eigenvalue weighted by molar-refractivity contribution is 6.31. The van der Waals surface area contributed by atoms with Gasteiger partial charge in [-0.3, -0.25) is 9.69 Å². The van der Waals surface area contributed by atoms with E-state index in [9.17, 15) is 18.4 Å². The summed E-state index contributed by atoms with van der Waals surface area (Å²) in [6.07, 6.45) is 2.89. The highest BCUT2D eigenvalue weighted by Crippen LogP contribution is 2.34. The van der Waals surface area contributed by atoms with Crippen LogP contribution in [0.3, 0.4) is 0 Å². The van der Waals surface area contributed by atoms with E-state index >= 15 is 0 Å². The topological polar surface area (TPSA) is 89.2 Å². The number of rotatable bonds is 4. The second-order valence-corrected chi connectivity index (χ2v) is 6.38. The van der Waals surface area contributed by atoms with Crippen LogP contribution in [0.5, 0.6) is 0 Å². The third-order valence-corrected chi connectivity index (χ3v) is 4.85. The standard InChI is InChI=1S/C16H14ClF2N5O2/c1-23-11(14(20)25)8-24(16(23)26,15-21-5-2-6-22-15)7-9-3-4-10(18)13(19)12(9)17/h2-6,11H,7-8H2,1H3,(H-,20,25)/p+1. The lowest BCUT2D eigenvalue weighted by Crippen LogP contribution is -2.52. The quantitative estimate of drug-likeness (QED) is 0.645. The molecule has 2 aromatic rings. The molecule has 3 rings (SSSR count). The maximum absolute atomic E-state index is 13.9. The maximum atomic E-state index is 13.9. The zero-order chi connectivity index (χ0) is 19.1. The molecular formula is C16H15ClF2N5O2+. The summed E-state index contributed by atoms with van der Waals surface area (Å²) in [5, 5.41) is -0.434. The highest BCUT2D eigenvalue weighted by Gasteiger charge is 2.56. The number of carbonyl (C=O) groups excluding carboxylic acids is 2. The minimum absolute atomic E-state index is 0.0516. The Kier molecular flexibility index (Phi) is 4.59. The Labute approximate surface area is 152 Å². The van der Waals surface area contributed by atoms with Crippen LogP contribution >= 0.6 is 11.6 Å². The largest absolute Gasteiger partial charge is 0.427 e. The number of amides is 3. The molecule has 1 fully saturated rings. The van der Waals surface area contributed by atoms with E-state index in [4.69, 9.17) is 17.3 Å². The van der Waals surface area contributed by atoms with Gasteiger partial charge in [0.25, 0.3) is 0 Å². The number of nitrogens with two attached hydrogens (primary N) is 1. The lowest BCUT2D eigenvalue weighted by atomic mass is 10.1. The molecule has 2 N–H and O–H groups in total. The number of hydrogen-bond donors (Lipinski definition) is 1. The Morgan fingerprint density at radius 1 is 1.38 bits per heavy atom. The molecule has 2 heterocycles. The summed E-state index contributed by atoms with van der Waals surface area (Å²) in [5.74, 6) is -2.88. The number of halogens is 3. The van der Waals surface area contributed by atoms with E-state index < -0.39 is 39.1 Å². The molecule has 0 bridgehead atoms. The molecule has 26 heavy (non-hydrogen) atoms. The summed E-state index contributed by atoms with van der Waals surface area (Å²) in [4.78, 5) is 34.2. The van der Waals surface area contributed by atoms with Crippen molar-refractivity contribution in [3.8, 4) is 0 Å². The van der Waals surface area contributed by atoms with Crippen molar-refractivity contribution < 1.29 is 18.4 Å². The third kappa shape index (κ3) is 2.78. The molecule has 1 saturated heterocycles. The Morgan fingerprint density at radius 2 is 2.04 bits per heavy atom. The molecular weight excluding hydrogens is 368 g/mol. The first-order valence-electron chi connectivity index (χ1n) is 7.61. The summed E-state index contributed by atoms with van der Waals surface area (Å²) < 4.78 is 26.7. The van der Waals surface area contributed by atoms with Gasteiger partial charge in [-0.05, 0) is 18.2 Å². The average Bonchev–Trinajstić information content (AvgIpc) is 2.89. The summed E-state index contributed by atoms with van der Waals surface area (Å²) >= 11 is 5.93. The van der Waals surface area contributed by atoms with Gasteiger partial charge in [0.05, 0.1) is 5.02 Å². The van der Waals surface area contributed by atoms with Crippen molar-refractivity contribution in [2.45, 2.75) is 12.6 Å². The molecule has 0 saturated carbocycles. The first-order chi connectivity index (χ1) is 12.3. The van der Waals surface area contributed by atoms with E-state index in [1.54, 1.807) is 6.07 Å². The summed E-state index contributed by atoms with van der Waals surface area (Å²) in [6.45, 7) is -0.211. The Hall–Kier alpha value is -2.65. The van der Waals surface area contributed by atoms with Gasteiger partial charge >= 0.3 is 12.0 Å². The minimum atomic E-state index is -1.21. The summed E-state index contributed by atoms with van der Waals surface area (Å²) in [7, 11) is 1.44. The smallest absolute Gasteiger partial charge is 0.368 e. The number of nitrogens with zero attached hydrogens (tertiary/aromatic N) is 4. The SMILES string of the molecule is CN1C(=O)[N+](Cc2ccc(F)c(F)c2Cl)(c2ncccn2)CC1C(N)=O. The fourth-order valence-electron chi connectivity index (χ4n) is 3.07. The van der Waals surface area contributed by atoms with Gasteiger partial charge in [0, 0.05) is 25.0 Å². The number of likely N-dealkylation sites (N-methyl/N-ethyl adjacent to an activating group) is 1. The number of hydrogen-bond acceptors (Lipinski definition) is 4. The van der Waals surface area contributed by atoms with Crippen molar-refractivity contribution >= 4 is 29.5 Å². The molecule has 1 aliphatic rings.